The summed E-state index contributed by atoms with van der Waals surface area (Å²) in [5.74, 6) is 0.652. The van der Waals surface area contributed by atoms with Crippen LogP contribution in [-0.2, 0) is 11.2 Å². The minimum Gasteiger partial charge on any atom is -0.496 e. The lowest BCUT2D eigenvalue weighted by Gasteiger charge is -2.38. The Kier molecular flexibility index (Phi) is 6.65. The second-order valence-corrected chi connectivity index (χ2v) is 8.69. The van der Waals surface area contributed by atoms with Crippen LogP contribution in [-0.4, -0.2) is 77.4 Å². The summed E-state index contributed by atoms with van der Waals surface area (Å²) in [5.41, 5.74) is 4.45. The number of methoxy groups -OCH3 is 1. The summed E-state index contributed by atoms with van der Waals surface area (Å²) in [4.78, 5) is 34.2. The second-order valence-electron chi connectivity index (χ2n) is 8.69. The number of hydrogen-bond donors (Lipinski definition) is 1. The summed E-state index contributed by atoms with van der Waals surface area (Å²) < 4.78 is 7.17. The van der Waals surface area contributed by atoms with Gasteiger partial charge in [0.05, 0.1) is 7.11 Å². The molecule has 1 saturated heterocycles. The van der Waals surface area contributed by atoms with Gasteiger partial charge in [0.2, 0.25) is 5.91 Å². The Balaban J connectivity index is 1.36. The molecule has 0 bridgehead atoms. The van der Waals surface area contributed by atoms with E-state index in [4.69, 9.17) is 4.74 Å². The van der Waals surface area contributed by atoms with Crippen molar-refractivity contribution in [3.05, 3.63) is 65.1 Å². The Labute approximate surface area is 194 Å². The summed E-state index contributed by atoms with van der Waals surface area (Å²) in [6, 6.07) is 9.53. The first-order valence-electron chi connectivity index (χ1n) is 11.2. The van der Waals surface area contributed by atoms with Gasteiger partial charge in [0.25, 0.3) is 5.91 Å². The first kappa shape index (κ1) is 22.8. The van der Waals surface area contributed by atoms with E-state index in [1.807, 2.05) is 60.7 Å². The average Bonchev–Trinajstić information content (AvgIpc) is 3.22. The van der Waals surface area contributed by atoms with Crippen LogP contribution >= 0.6 is 0 Å². The Hall–Kier alpha value is -3.39. The quantitative estimate of drug-likeness (QED) is 0.623. The van der Waals surface area contributed by atoms with E-state index < -0.39 is 0 Å². The van der Waals surface area contributed by atoms with E-state index in [1.165, 1.54) is 0 Å². The van der Waals surface area contributed by atoms with Gasteiger partial charge >= 0.3 is 0 Å². The third kappa shape index (κ3) is 5.01. The number of piperazine rings is 1. The number of pyridine rings is 1. The molecular weight excluding hydrogens is 418 g/mol. The maximum atomic E-state index is 13.1. The van der Waals surface area contributed by atoms with Crippen molar-refractivity contribution >= 4 is 17.5 Å². The number of ether oxygens (including phenoxy) is 1. The van der Waals surface area contributed by atoms with Gasteiger partial charge in [0, 0.05) is 38.6 Å². The lowest BCUT2D eigenvalue weighted by atomic mass is 10.1. The maximum absolute atomic E-state index is 13.1. The van der Waals surface area contributed by atoms with Gasteiger partial charge < -0.3 is 19.4 Å². The standard InChI is InChI=1S/C25H31N5O3/c1-17-5-8-23-27-20(15-30(23)14-17)25(32)29-12-11-28(3)21(16-29)24(31)26-10-9-19-6-7-22(33-4)18(2)13-19/h5-8,13-15,21H,9-12,16H2,1-4H3,(H,26,31). The maximum Gasteiger partial charge on any atom is 0.274 e. The molecule has 0 aliphatic carbocycles. The molecule has 2 amide bonds. The monoisotopic (exact) mass is 449 g/mol. The van der Waals surface area contributed by atoms with E-state index in [-0.39, 0.29) is 17.9 Å². The number of imidazole rings is 1. The molecule has 8 nitrogen and oxygen atoms in total. The molecule has 33 heavy (non-hydrogen) atoms. The normalized spacial score (nSPS) is 16.7. The summed E-state index contributed by atoms with van der Waals surface area (Å²) in [7, 11) is 3.58. The van der Waals surface area contributed by atoms with Crippen LogP contribution in [0.4, 0.5) is 0 Å². The fourth-order valence-electron chi connectivity index (χ4n) is 4.25. The smallest absolute Gasteiger partial charge is 0.274 e. The molecule has 0 saturated carbocycles. The number of amides is 2. The number of nitrogens with one attached hydrogen (secondary N) is 1. The third-order valence-electron chi connectivity index (χ3n) is 6.23. The molecule has 1 aliphatic heterocycles. The largest absolute Gasteiger partial charge is 0.496 e. The van der Waals surface area contributed by atoms with Gasteiger partial charge in [-0.25, -0.2) is 4.98 Å². The number of nitrogens with zero attached hydrogens (tertiary/aromatic N) is 4. The predicted molar refractivity (Wildman–Crippen MR) is 127 cm³/mol. The van der Waals surface area contributed by atoms with Gasteiger partial charge in [-0.1, -0.05) is 18.2 Å². The molecule has 1 fully saturated rings. The number of aromatic nitrogens is 2. The molecule has 1 aromatic carbocycles. The van der Waals surface area contributed by atoms with E-state index in [2.05, 4.69) is 16.4 Å². The summed E-state index contributed by atoms with van der Waals surface area (Å²) in [6.07, 6.45) is 4.44. The van der Waals surface area contributed by atoms with Crippen molar-refractivity contribution < 1.29 is 14.3 Å². The molecule has 1 unspecified atom stereocenters. The van der Waals surface area contributed by atoms with E-state index in [0.29, 0.717) is 31.9 Å². The van der Waals surface area contributed by atoms with Crippen molar-refractivity contribution in [3.63, 3.8) is 0 Å². The van der Waals surface area contributed by atoms with Gasteiger partial charge in [-0.15, -0.1) is 0 Å². The van der Waals surface area contributed by atoms with Crippen LogP contribution in [0.3, 0.4) is 0 Å². The molecule has 0 spiro atoms. The SMILES string of the molecule is COc1ccc(CCNC(=O)C2CN(C(=O)c3cn4cc(C)ccc4n3)CCN2C)cc1C. The Morgan fingerprint density at radius 3 is 2.73 bits per heavy atom. The molecule has 1 aliphatic rings. The van der Waals surface area contributed by atoms with Crippen LogP contribution in [0.5, 0.6) is 5.75 Å². The number of likely N-dealkylation sites (N-methyl/N-ethyl adjacent to an activating group) is 1. The molecule has 8 heteroatoms. The zero-order valence-electron chi connectivity index (χ0n) is 19.7. The number of aryl methyl sites for hydroxylation is 2. The Morgan fingerprint density at radius 2 is 1.97 bits per heavy atom. The topological polar surface area (TPSA) is 79.2 Å². The van der Waals surface area contributed by atoms with Crippen LogP contribution in [0.1, 0.15) is 27.2 Å². The van der Waals surface area contributed by atoms with Gasteiger partial charge in [-0.3, -0.25) is 14.5 Å². The number of carbonyl (C=O) groups excluding carboxylic acids is 2. The third-order valence-corrected chi connectivity index (χ3v) is 6.23. The highest BCUT2D eigenvalue weighted by molar-refractivity contribution is 5.93. The number of benzene rings is 1. The predicted octanol–water partition coefficient (Wildman–Crippen LogP) is 2.07. The first-order valence-corrected chi connectivity index (χ1v) is 11.2. The molecule has 4 rings (SSSR count). The lowest BCUT2D eigenvalue weighted by molar-refractivity contribution is -0.127. The number of hydrogen-bond acceptors (Lipinski definition) is 5. The molecule has 174 valence electrons. The minimum atomic E-state index is -0.389. The minimum absolute atomic E-state index is 0.0640. The molecule has 0 radical (unpaired) electrons. The summed E-state index contributed by atoms with van der Waals surface area (Å²) >= 11 is 0. The van der Waals surface area contributed by atoms with Crippen molar-refractivity contribution in [1.29, 1.82) is 0 Å². The highest BCUT2D eigenvalue weighted by Gasteiger charge is 2.33. The highest BCUT2D eigenvalue weighted by atomic mass is 16.5. The fourth-order valence-corrected chi connectivity index (χ4v) is 4.25. The fraction of sp³-hybridized carbons (Fsp3) is 0.400. The summed E-state index contributed by atoms with van der Waals surface area (Å²) in [6.45, 7) is 6.09. The van der Waals surface area contributed by atoms with Crippen LogP contribution in [0.15, 0.2) is 42.7 Å². The van der Waals surface area contributed by atoms with Crippen LogP contribution < -0.4 is 10.1 Å². The molecular formula is C25H31N5O3. The van der Waals surface area contributed by atoms with Gasteiger partial charge in [-0.2, -0.15) is 0 Å². The van der Waals surface area contributed by atoms with Crippen LogP contribution in [0.25, 0.3) is 5.65 Å². The van der Waals surface area contributed by atoms with Crippen molar-refractivity contribution in [1.82, 2.24) is 24.5 Å². The van der Waals surface area contributed by atoms with E-state index in [0.717, 1.165) is 34.5 Å². The van der Waals surface area contributed by atoms with Crippen LogP contribution in [0, 0.1) is 13.8 Å². The molecule has 1 N–H and O–H groups in total. The average molecular weight is 450 g/mol. The van der Waals surface area contributed by atoms with Crippen LogP contribution in [0.2, 0.25) is 0 Å². The van der Waals surface area contributed by atoms with E-state index in [9.17, 15) is 9.59 Å². The zero-order valence-corrected chi connectivity index (χ0v) is 19.7. The summed E-state index contributed by atoms with van der Waals surface area (Å²) in [5, 5.41) is 3.04. The van der Waals surface area contributed by atoms with E-state index >= 15 is 0 Å². The number of rotatable bonds is 6. The Bertz CT molecular complexity index is 1170. The van der Waals surface area contributed by atoms with Crippen molar-refractivity contribution in [2.75, 3.05) is 40.3 Å². The van der Waals surface area contributed by atoms with Crippen molar-refractivity contribution in [2.24, 2.45) is 0 Å². The molecule has 1 atom stereocenters. The van der Waals surface area contributed by atoms with Crippen molar-refractivity contribution in [2.45, 2.75) is 26.3 Å². The molecule has 2 aromatic heterocycles. The Morgan fingerprint density at radius 1 is 1.15 bits per heavy atom. The molecule has 3 heterocycles. The van der Waals surface area contributed by atoms with Crippen molar-refractivity contribution in [3.8, 4) is 5.75 Å². The number of fused-ring (bicyclic) bond motifs is 1. The zero-order chi connectivity index (χ0) is 23.5. The molecule has 3 aromatic rings. The van der Waals surface area contributed by atoms with Gasteiger partial charge in [0.15, 0.2) is 0 Å². The second kappa shape index (κ2) is 9.62. The van der Waals surface area contributed by atoms with Gasteiger partial charge in [0.1, 0.15) is 23.1 Å². The van der Waals surface area contributed by atoms with E-state index in [1.54, 1.807) is 18.2 Å². The highest BCUT2D eigenvalue weighted by Crippen LogP contribution is 2.19. The van der Waals surface area contributed by atoms with Gasteiger partial charge in [-0.05, 0) is 56.1 Å². The number of carbonyl (C=O) groups is 2. The lowest BCUT2D eigenvalue weighted by Crippen LogP contribution is -2.58. The first-order chi connectivity index (χ1) is 15.9.